The number of hydrogen-bond acceptors (Lipinski definition) is 4. The summed E-state index contributed by atoms with van der Waals surface area (Å²) >= 11 is 3.42. The van der Waals surface area contributed by atoms with Crippen molar-refractivity contribution in [1.82, 2.24) is 14.0 Å². The Balaban J connectivity index is 1.83. The molecule has 0 radical (unpaired) electrons. The van der Waals surface area contributed by atoms with Crippen molar-refractivity contribution >= 4 is 21.6 Å². The summed E-state index contributed by atoms with van der Waals surface area (Å²) in [5, 5.41) is 0. The minimum absolute atomic E-state index is 0.215. The molecule has 0 fully saturated rings. The van der Waals surface area contributed by atoms with Crippen molar-refractivity contribution in [3.05, 3.63) is 75.9 Å². The van der Waals surface area contributed by atoms with Crippen molar-refractivity contribution in [3.8, 4) is 28.4 Å². The molecule has 6 nitrogen and oxygen atoms in total. The fourth-order valence-corrected chi connectivity index (χ4v) is 3.18. The lowest BCUT2D eigenvalue weighted by atomic mass is 10.2. The van der Waals surface area contributed by atoms with Gasteiger partial charge in [-0.05, 0) is 24.3 Å². The van der Waals surface area contributed by atoms with E-state index in [-0.39, 0.29) is 5.56 Å². The maximum Gasteiger partial charge on any atom is 0.298 e. The Morgan fingerprint density at radius 3 is 2.41 bits per heavy atom. The van der Waals surface area contributed by atoms with Crippen LogP contribution in [0.25, 0.3) is 22.6 Å². The van der Waals surface area contributed by atoms with Gasteiger partial charge in [0.05, 0.1) is 25.6 Å². The van der Waals surface area contributed by atoms with Gasteiger partial charge in [0.25, 0.3) is 5.56 Å². The number of nitrogens with zero attached hydrogens (tertiary/aromatic N) is 3. The topological polar surface area (TPSA) is 57.8 Å². The number of aromatic nitrogens is 3. The Morgan fingerprint density at radius 1 is 0.963 bits per heavy atom. The molecule has 2 heterocycles. The van der Waals surface area contributed by atoms with E-state index in [9.17, 15) is 4.79 Å². The van der Waals surface area contributed by atoms with E-state index in [1.807, 2.05) is 36.7 Å². The summed E-state index contributed by atoms with van der Waals surface area (Å²) in [6.45, 7) is 0. The molecule has 4 aromatic rings. The Morgan fingerprint density at radius 2 is 1.70 bits per heavy atom. The summed E-state index contributed by atoms with van der Waals surface area (Å²) in [4.78, 5) is 17.5. The van der Waals surface area contributed by atoms with Crippen molar-refractivity contribution in [1.29, 1.82) is 0 Å². The van der Waals surface area contributed by atoms with Crippen molar-refractivity contribution in [2.45, 2.75) is 0 Å². The highest BCUT2D eigenvalue weighted by Crippen LogP contribution is 2.28. The van der Waals surface area contributed by atoms with Gasteiger partial charge in [0.1, 0.15) is 0 Å². The zero-order valence-corrected chi connectivity index (χ0v) is 16.3. The summed E-state index contributed by atoms with van der Waals surface area (Å²) in [7, 11) is 3.14. The molecule has 2 aromatic heterocycles. The molecule has 136 valence electrons. The number of halogens is 1. The number of methoxy groups -OCH3 is 2. The Labute approximate surface area is 163 Å². The number of ether oxygens (including phenoxy) is 2. The zero-order valence-electron chi connectivity index (χ0n) is 14.7. The molecule has 0 bridgehead atoms. The van der Waals surface area contributed by atoms with Gasteiger partial charge < -0.3 is 13.9 Å². The molecule has 0 saturated heterocycles. The third-order valence-electron chi connectivity index (χ3n) is 4.30. The first kappa shape index (κ1) is 17.4. The molecule has 0 aliphatic heterocycles. The smallest absolute Gasteiger partial charge is 0.298 e. The molecule has 0 unspecified atom stereocenters. The number of benzene rings is 2. The van der Waals surface area contributed by atoms with E-state index in [2.05, 4.69) is 20.9 Å². The molecule has 2 aromatic carbocycles. The van der Waals surface area contributed by atoms with Crippen LogP contribution in [0, 0.1) is 0 Å². The highest BCUT2D eigenvalue weighted by Gasteiger charge is 2.12. The van der Waals surface area contributed by atoms with Crippen LogP contribution in [-0.2, 0) is 0 Å². The lowest BCUT2D eigenvalue weighted by Gasteiger charge is -2.11. The van der Waals surface area contributed by atoms with Gasteiger partial charge in [-0.1, -0.05) is 28.1 Å². The van der Waals surface area contributed by atoms with E-state index in [1.54, 1.807) is 43.0 Å². The second-order valence-electron chi connectivity index (χ2n) is 5.88. The van der Waals surface area contributed by atoms with Gasteiger partial charge in [-0.3, -0.25) is 9.36 Å². The van der Waals surface area contributed by atoms with Crippen molar-refractivity contribution in [2.75, 3.05) is 14.2 Å². The molecule has 0 N–H and O–H groups in total. The maximum absolute atomic E-state index is 13.0. The molecule has 27 heavy (non-hydrogen) atoms. The van der Waals surface area contributed by atoms with Gasteiger partial charge in [0.15, 0.2) is 11.5 Å². The highest BCUT2D eigenvalue weighted by molar-refractivity contribution is 9.10. The van der Waals surface area contributed by atoms with E-state index < -0.39 is 0 Å². The van der Waals surface area contributed by atoms with Crippen LogP contribution >= 0.6 is 15.9 Å². The third-order valence-corrected chi connectivity index (χ3v) is 4.83. The molecule has 0 aliphatic rings. The van der Waals surface area contributed by atoms with Crippen LogP contribution in [0.5, 0.6) is 11.5 Å². The fourth-order valence-electron chi connectivity index (χ4n) is 2.92. The standard InChI is InChI=1S/C20H16BrN3O3/c1-26-17-8-7-15(11-18(17)27-2)24-10-9-23-12-16(22-19(23)20(24)25)13-3-5-14(21)6-4-13/h3-12H,1-2H3. The third kappa shape index (κ3) is 3.10. The molecule has 0 amide bonds. The van der Waals surface area contributed by atoms with Crippen molar-refractivity contribution in [3.63, 3.8) is 0 Å². The minimum Gasteiger partial charge on any atom is -0.493 e. The fraction of sp³-hybridized carbons (Fsp3) is 0.100. The quantitative estimate of drug-likeness (QED) is 0.496. The maximum atomic E-state index is 13.0. The normalized spacial score (nSPS) is 10.9. The number of rotatable bonds is 4. The average Bonchev–Trinajstić information content (AvgIpc) is 3.13. The molecule has 0 spiro atoms. The Bertz CT molecular complexity index is 1180. The van der Waals surface area contributed by atoms with Gasteiger partial charge in [0.2, 0.25) is 5.65 Å². The van der Waals surface area contributed by atoms with E-state index in [0.717, 1.165) is 15.7 Å². The van der Waals surface area contributed by atoms with Crippen LogP contribution in [0.4, 0.5) is 0 Å². The summed E-state index contributed by atoms with van der Waals surface area (Å²) < 4.78 is 14.9. The van der Waals surface area contributed by atoms with Crippen LogP contribution in [0.3, 0.4) is 0 Å². The van der Waals surface area contributed by atoms with Crippen molar-refractivity contribution < 1.29 is 9.47 Å². The van der Waals surface area contributed by atoms with Gasteiger partial charge in [0, 0.05) is 34.7 Å². The molecule has 0 saturated carbocycles. The Hall–Kier alpha value is -3.06. The minimum atomic E-state index is -0.215. The van der Waals surface area contributed by atoms with E-state index >= 15 is 0 Å². The molecular formula is C20H16BrN3O3. The summed E-state index contributed by atoms with van der Waals surface area (Å²) in [5.41, 5.74) is 2.50. The zero-order chi connectivity index (χ0) is 19.0. The summed E-state index contributed by atoms with van der Waals surface area (Å²) in [6, 6.07) is 13.1. The first-order valence-corrected chi connectivity index (χ1v) is 8.98. The second kappa shape index (κ2) is 6.92. The largest absolute Gasteiger partial charge is 0.493 e. The lowest BCUT2D eigenvalue weighted by Crippen LogP contribution is -2.20. The first-order chi connectivity index (χ1) is 13.1. The predicted molar refractivity (Wildman–Crippen MR) is 107 cm³/mol. The van der Waals surface area contributed by atoms with Crippen LogP contribution < -0.4 is 15.0 Å². The number of imidazole rings is 1. The van der Waals surface area contributed by atoms with Crippen LogP contribution in [-0.4, -0.2) is 28.2 Å². The molecular weight excluding hydrogens is 410 g/mol. The molecule has 0 atom stereocenters. The molecule has 4 rings (SSSR count). The number of hydrogen-bond donors (Lipinski definition) is 0. The SMILES string of the molecule is COc1ccc(-n2ccn3cc(-c4ccc(Br)cc4)nc3c2=O)cc1OC. The van der Waals surface area contributed by atoms with Crippen LogP contribution in [0.1, 0.15) is 0 Å². The lowest BCUT2D eigenvalue weighted by molar-refractivity contribution is 0.355. The predicted octanol–water partition coefficient (Wildman–Crippen LogP) is 3.93. The Kier molecular flexibility index (Phi) is 4.45. The van der Waals surface area contributed by atoms with Gasteiger partial charge in [-0.15, -0.1) is 0 Å². The van der Waals surface area contributed by atoms with Gasteiger partial charge in [-0.2, -0.15) is 0 Å². The second-order valence-corrected chi connectivity index (χ2v) is 6.79. The van der Waals surface area contributed by atoms with E-state index in [0.29, 0.717) is 22.8 Å². The highest BCUT2D eigenvalue weighted by atomic mass is 79.9. The molecule has 7 heteroatoms. The monoisotopic (exact) mass is 425 g/mol. The van der Waals surface area contributed by atoms with Crippen LogP contribution in [0.15, 0.2) is 70.3 Å². The van der Waals surface area contributed by atoms with Gasteiger partial charge in [-0.25, -0.2) is 4.98 Å². The number of fused-ring (bicyclic) bond motifs is 1. The first-order valence-electron chi connectivity index (χ1n) is 8.19. The summed E-state index contributed by atoms with van der Waals surface area (Å²) in [6.07, 6.45) is 5.37. The van der Waals surface area contributed by atoms with Gasteiger partial charge >= 0.3 is 0 Å². The van der Waals surface area contributed by atoms with E-state index in [1.165, 1.54) is 4.57 Å². The average molecular weight is 426 g/mol. The molecule has 0 aliphatic carbocycles. The van der Waals surface area contributed by atoms with Crippen LogP contribution in [0.2, 0.25) is 0 Å². The van der Waals surface area contributed by atoms with Crippen molar-refractivity contribution in [2.24, 2.45) is 0 Å². The van der Waals surface area contributed by atoms with E-state index in [4.69, 9.17) is 9.47 Å². The summed E-state index contributed by atoms with van der Waals surface area (Å²) in [5.74, 6) is 1.16.